The first kappa shape index (κ1) is 20.1. The smallest absolute Gasteiger partial charge is 0.341 e. The van der Waals surface area contributed by atoms with Crippen LogP contribution in [0.15, 0.2) is 60.0 Å². The summed E-state index contributed by atoms with van der Waals surface area (Å²) in [5.74, 6) is -0.586. The summed E-state index contributed by atoms with van der Waals surface area (Å²) in [6, 6.07) is 17.0. The van der Waals surface area contributed by atoms with Crippen molar-refractivity contribution in [1.29, 1.82) is 0 Å². The number of aryl methyl sites for hydroxylation is 1. The van der Waals surface area contributed by atoms with Crippen molar-refractivity contribution in [2.75, 3.05) is 11.9 Å². The van der Waals surface area contributed by atoms with Crippen molar-refractivity contribution in [2.45, 2.75) is 19.8 Å². The largest absolute Gasteiger partial charge is 0.462 e. The number of hydrogen-bond acceptors (Lipinski definition) is 4. The Morgan fingerprint density at radius 2 is 1.79 bits per heavy atom. The van der Waals surface area contributed by atoms with E-state index in [9.17, 15) is 9.59 Å². The molecular formula is C22H20ClNO3S. The highest BCUT2D eigenvalue weighted by atomic mass is 35.5. The van der Waals surface area contributed by atoms with Gasteiger partial charge in [-0.15, -0.1) is 11.3 Å². The van der Waals surface area contributed by atoms with E-state index in [4.69, 9.17) is 16.3 Å². The Kier molecular flexibility index (Phi) is 6.85. The van der Waals surface area contributed by atoms with E-state index in [0.717, 1.165) is 16.7 Å². The van der Waals surface area contributed by atoms with Crippen molar-refractivity contribution in [3.8, 4) is 11.1 Å². The van der Waals surface area contributed by atoms with Crippen molar-refractivity contribution in [3.05, 3.63) is 76.1 Å². The molecule has 0 aliphatic rings. The Morgan fingerprint density at radius 1 is 1.07 bits per heavy atom. The van der Waals surface area contributed by atoms with E-state index < -0.39 is 5.97 Å². The molecule has 0 atom stereocenters. The number of carbonyl (C=O) groups is 2. The lowest BCUT2D eigenvalue weighted by molar-refractivity contribution is -0.116. The monoisotopic (exact) mass is 413 g/mol. The summed E-state index contributed by atoms with van der Waals surface area (Å²) < 4.78 is 5.22. The van der Waals surface area contributed by atoms with Gasteiger partial charge < -0.3 is 10.1 Å². The molecule has 3 aromatic rings. The highest BCUT2D eigenvalue weighted by molar-refractivity contribution is 7.15. The van der Waals surface area contributed by atoms with Gasteiger partial charge in [-0.3, -0.25) is 4.79 Å². The third kappa shape index (κ3) is 5.00. The van der Waals surface area contributed by atoms with Crippen molar-refractivity contribution in [2.24, 2.45) is 0 Å². The zero-order valence-corrected chi connectivity index (χ0v) is 17.0. The average molecular weight is 414 g/mol. The topological polar surface area (TPSA) is 55.4 Å². The van der Waals surface area contributed by atoms with Gasteiger partial charge in [-0.05, 0) is 36.6 Å². The van der Waals surface area contributed by atoms with Crippen LogP contribution in [0.2, 0.25) is 5.02 Å². The van der Waals surface area contributed by atoms with Gasteiger partial charge >= 0.3 is 5.97 Å². The molecule has 0 fully saturated rings. The van der Waals surface area contributed by atoms with Gasteiger partial charge in [0, 0.05) is 22.4 Å². The molecule has 2 aromatic carbocycles. The third-order valence-corrected chi connectivity index (χ3v) is 5.31. The number of anilines is 1. The highest BCUT2D eigenvalue weighted by Gasteiger charge is 2.22. The van der Waals surface area contributed by atoms with Crippen LogP contribution < -0.4 is 5.32 Å². The molecule has 4 nitrogen and oxygen atoms in total. The quantitative estimate of drug-likeness (QED) is 0.497. The fourth-order valence-corrected chi connectivity index (χ4v) is 3.88. The van der Waals surface area contributed by atoms with Crippen LogP contribution in [0.5, 0.6) is 0 Å². The second-order valence-corrected chi connectivity index (χ2v) is 7.43. The van der Waals surface area contributed by atoms with E-state index in [1.165, 1.54) is 11.3 Å². The zero-order valence-electron chi connectivity index (χ0n) is 15.4. The molecule has 0 unspecified atom stereocenters. The number of carbonyl (C=O) groups excluding carboxylic acids is 2. The van der Waals surface area contributed by atoms with Crippen LogP contribution in [-0.4, -0.2) is 18.5 Å². The second kappa shape index (κ2) is 9.53. The van der Waals surface area contributed by atoms with Gasteiger partial charge in [0.15, 0.2) is 0 Å². The van der Waals surface area contributed by atoms with Gasteiger partial charge in [-0.2, -0.15) is 0 Å². The normalized spacial score (nSPS) is 10.5. The molecule has 0 aliphatic carbocycles. The van der Waals surface area contributed by atoms with Crippen LogP contribution in [-0.2, 0) is 16.0 Å². The predicted molar refractivity (Wildman–Crippen MR) is 114 cm³/mol. The Hall–Kier alpha value is -2.63. The molecule has 0 aliphatic heterocycles. The molecule has 1 aromatic heterocycles. The number of ether oxygens (including phenoxy) is 1. The molecule has 1 heterocycles. The maximum absolute atomic E-state index is 12.5. The van der Waals surface area contributed by atoms with Gasteiger partial charge in [0.05, 0.1) is 6.61 Å². The molecule has 6 heteroatoms. The molecule has 1 N–H and O–H groups in total. The van der Waals surface area contributed by atoms with E-state index in [2.05, 4.69) is 5.32 Å². The van der Waals surface area contributed by atoms with Gasteiger partial charge in [-0.25, -0.2) is 4.79 Å². The van der Waals surface area contributed by atoms with Crippen molar-refractivity contribution < 1.29 is 14.3 Å². The van der Waals surface area contributed by atoms with E-state index in [1.807, 2.05) is 47.8 Å². The molecule has 0 radical (unpaired) electrons. The molecule has 0 spiro atoms. The van der Waals surface area contributed by atoms with Gasteiger partial charge in [0.25, 0.3) is 0 Å². The molecule has 0 bridgehead atoms. The maximum Gasteiger partial charge on any atom is 0.341 e. The molecule has 0 saturated heterocycles. The van der Waals surface area contributed by atoms with Crippen LogP contribution >= 0.6 is 22.9 Å². The Morgan fingerprint density at radius 3 is 2.46 bits per heavy atom. The second-order valence-electron chi connectivity index (χ2n) is 6.11. The van der Waals surface area contributed by atoms with Gasteiger partial charge in [0.2, 0.25) is 5.91 Å². The number of nitrogens with one attached hydrogen (secondary N) is 1. The Labute approximate surface area is 173 Å². The van der Waals surface area contributed by atoms with Crippen LogP contribution in [0.4, 0.5) is 5.00 Å². The van der Waals surface area contributed by atoms with E-state index >= 15 is 0 Å². The summed E-state index contributed by atoms with van der Waals surface area (Å²) in [5.41, 5.74) is 3.10. The zero-order chi connectivity index (χ0) is 19.9. The highest BCUT2D eigenvalue weighted by Crippen LogP contribution is 2.36. The summed E-state index contributed by atoms with van der Waals surface area (Å²) in [4.78, 5) is 25.0. The van der Waals surface area contributed by atoms with Crippen LogP contribution in [0, 0.1) is 0 Å². The molecule has 0 saturated carbocycles. The van der Waals surface area contributed by atoms with Crippen LogP contribution in [0.25, 0.3) is 11.1 Å². The van der Waals surface area contributed by atoms with Gasteiger partial charge in [-0.1, -0.05) is 54.1 Å². The van der Waals surface area contributed by atoms with E-state index in [1.54, 1.807) is 19.1 Å². The SMILES string of the molecule is CCOC(=O)c1c(-c2ccccc2)csc1NC(=O)CCc1ccc(Cl)cc1. The summed E-state index contributed by atoms with van der Waals surface area (Å²) in [6.07, 6.45) is 0.900. The van der Waals surface area contributed by atoms with Crippen molar-refractivity contribution in [1.82, 2.24) is 0 Å². The Bertz CT molecular complexity index is 952. The first-order valence-corrected chi connectivity index (χ1v) is 10.2. The number of benzene rings is 2. The van der Waals surface area contributed by atoms with Crippen LogP contribution in [0.1, 0.15) is 29.3 Å². The summed E-state index contributed by atoms with van der Waals surface area (Å²) >= 11 is 7.21. The number of halogens is 1. The third-order valence-electron chi connectivity index (χ3n) is 4.16. The lowest BCUT2D eigenvalue weighted by atomic mass is 10.0. The predicted octanol–water partition coefficient (Wildman–Crippen LogP) is 5.82. The minimum absolute atomic E-state index is 0.151. The maximum atomic E-state index is 12.5. The van der Waals surface area contributed by atoms with E-state index in [0.29, 0.717) is 28.4 Å². The van der Waals surface area contributed by atoms with Gasteiger partial charge in [0.1, 0.15) is 10.6 Å². The molecule has 28 heavy (non-hydrogen) atoms. The molecular weight excluding hydrogens is 394 g/mol. The number of thiophene rings is 1. The number of esters is 1. The lowest BCUT2D eigenvalue weighted by Crippen LogP contribution is -2.15. The standard InChI is InChI=1S/C22H20ClNO3S/c1-2-27-22(26)20-18(16-6-4-3-5-7-16)14-28-21(20)24-19(25)13-10-15-8-11-17(23)12-9-15/h3-9,11-12,14H,2,10,13H2,1H3,(H,24,25). The first-order valence-electron chi connectivity index (χ1n) is 8.96. The Balaban J connectivity index is 1.77. The van der Waals surface area contributed by atoms with Crippen molar-refractivity contribution in [3.63, 3.8) is 0 Å². The fraction of sp³-hybridized carbons (Fsp3) is 0.182. The minimum Gasteiger partial charge on any atom is -0.462 e. The number of amides is 1. The number of hydrogen-bond donors (Lipinski definition) is 1. The molecule has 3 rings (SSSR count). The lowest BCUT2D eigenvalue weighted by Gasteiger charge is -2.09. The summed E-state index contributed by atoms with van der Waals surface area (Å²) in [6.45, 7) is 2.03. The van der Waals surface area contributed by atoms with Crippen LogP contribution in [0.3, 0.4) is 0 Å². The number of rotatable bonds is 7. The molecule has 1 amide bonds. The average Bonchev–Trinajstić information content (AvgIpc) is 3.12. The minimum atomic E-state index is -0.435. The van der Waals surface area contributed by atoms with Crippen molar-refractivity contribution >= 4 is 39.8 Å². The molecule has 144 valence electrons. The van der Waals surface area contributed by atoms with E-state index in [-0.39, 0.29) is 12.5 Å². The summed E-state index contributed by atoms with van der Waals surface area (Å²) in [7, 11) is 0. The summed E-state index contributed by atoms with van der Waals surface area (Å²) in [5, 5.41) is 5.92. The first-order chi connectivity index (χ1) is 13.6. The fourth-order valence-electron chi connectivity index (χ4n) is 2.78.